The summed E-state index contributed by atoms with van der Waals surface area (Å²) in [4.78, 5) is 17.3. The Morgan fingerprint density at radius 2 is 2.00 bits per heavy atom. The lowest BCUT2D eigenvalue weighted by molar-refractivity contribution is 0.101. The third-order valence-corrected chi connectivity index (χ3v) is 7.71. The van der Waals surface area contributed by atoms with Crippen LogP contribution in [-0.4, -0.2) is 36.8 Å². The van der Waals surface area contributed by atoms with Crippen LogP contribution in [0.1, 0.15) is 28.5 Å². The smallest absolute Gasteiger partial charge is 0.301 e. The van der Waals surface area contributed by atoms with Gasteiger partial charge in [0.15, 0.2) is 5.78 Å². The maximum absolute atomic E-state index is 14.6. The number of ketones is 1. The number of pyridine rings is 1. The number of anilines is 1. The fourth-order valence-electron chi connectivity index (χ4n) is 4.36. The zero-order chi connectivity index (χ0) is 23.5. The number of para-hydroxylation sites is 1. The maximum Gasteiger partial charge on any atom is 0.301 e. The summed E-state index contributed by atoms with van der Waals surface area (Å²) in [5.41, 5.74) is 2.54. The number of fused-ring (bicyclic) bond motifs is 2. The van der Waals surface area contributed by atoms with Gasteiger partial charge in [-0.25, -0.2) is 9.37 Å². The Bertz CT molecular complexity index is 1570. The van der Waals surface area contributed by atoms with Crippen LogP contribution in [0.15, 0.2) is 42.5 Å². The van der Waals surface area contributed by atoms with Gasteiger partial charge in [-0.1, -0.05) is 29.8 Å². The van der Waals surface area contributed by atoms with E-state index in [1.165, 1.54) is 17.3 Å². The van der Waals surface area contributed by atoms with Gasteiger partial charge in [0, 0.05) is 36.3 Å². The molecule has 0 amide bonds. The van der Waals surface area contributed by atoms with Crippen LogP contribution in [-0.2, 0) is 16.8 Å². The molecule has 5 rings (SSSR count). The molecule has 1 N–H and O–H groups in total. The molecule has 2 aromatic heterocycles. The number of carbonyl (C=O) groups is 1. The monoisotopic (exact) mass is 486 g/mol. The second-order valence-corrected chi connectivity index (χ2v) is 10.1. The van der Waals surface area contributed by atoms with Gasteiger partial charge in [-0.2, -0.15) is 13.1 Å². The number of aromatic nitrogens is 2. The normalized spacial score (nSPS) is 15.6. The van der Waals surface area contributed by atoms with Gasteiger partial charge in [-0.3, -0.25) is 9.10 Å². The highest BCUT2D eigenvalue weighted by atomic mass is 35.5. The van der Waals surface area contributed by atoms with Crippen LogP contribution in [0.5, 0.6) is 0 Å². The summed E-state index contributed by atoms with van der Waals surface area (Å²) < 4.78 is 45.3. The lowest BCUT2D eigenvalue weighted by atomic mass is 10.1. The van der Waals surface area contributed by atoms with Crippen molar-refractivity contribution in [2.75, 3.05) is 17.4 Å². The number of benzene rings is 2. The third kappa shape index (κ3) is 3.56. The highest BCUT2D eigenvalue weighted by Crippen LogP contribution is 2.39. The average molecular weight is 487 g/mol. The van der Waals surface area contributed by atoms with Gasteiger partial charge in [0.1, 0.15) is 16.7 Å². The molecular weight excluding hydrogens is 467 g/mol. The summed E-state index contributed by atoms with van der Waals surface area (Å²) >= 11 is 6.47. The van der Waals surface area contributed by atoms with E-state index in [2.05, 4.69) is 9.71 Å². The second-order valence-electron chi connectivity index (χ2n) is 8.06. The zero-order valence-electron chi connectivity index (χ0n) is 17.9. The Morgan fingerprint density at radius 1 is 1.24 bits per heavy atom. The van der Waals surface area contributed by atoms with Crippen molar-refractivity contribution in [3.63, 3.8) is 0 Å². The van der Waals surface area contributed by atoms with E-state index in [4.69, 9.17) is 11.6 Å². The Morgan fingerprint density at radius 3 is 2.70 bits per heavy atom. The molecule has 33 heavy (non-hydrogen) atoms. The Labute approximate surface area is 195 Å². The minimum atomic E-state index is -3.82. The molecule has 4 aromatic rings. The van der Waals surface area contributed by atoms with Crippen molar-refractivity contribution in [2.45, 2.75) is 20.4 Å². The molecule has 0 radical (unpaired) electrons. The molecule has 1 aliphatic rings. The molecule has 0 bridgehead atoms. The van der Waals surface area contributed by atoms with Crippen molar-refractivity contribution < 1.29 is 17.6 Å². The lowest BCUT2D eigenvalue weighted by Crippen LogP contribution is -2.30. The molecule has 3 heterocycles. The molecule has 2 aromatic carbocycles. The number of rotatable bonds is 4. The van der Waals surface area contributed by atoms with Crippen LogP contribution in [0.2, 0.25) is 5.15 Å². The van der Waals surface area contributed by atoms with Crippen LogP contribution >= 0.6 is 11.6 Å². The van der Waals surface area contributed by atoms with Gasteiger partial charge in [0.25, 0.3) is 0 Å². The van der Waals surface area contributed by atoms with Crippen molar-refractivity contribution in [2.24, 2.45) is 0 Å². The minimum Gasteiger partial charge on any atom is -0.332 e. The number of halogens is 2. The Balaban J connectivity index is 1.80. The molecule has 10 heteroatoms. The van der Waals surface area contributed by atoms with Crippen molar-refractivity contribution in [3.8, 4) is 0 Å². The highest BCUT2D eigenvalue weighted by molar-refractivity contribution is 7.91. The van der Waals surface area contributed by atoms with Gasteiger partial charge in [-0.05, 0) is 36.8 Å². The number of aryl methyl sites for hydroxylation is 1. The van der Waals surface area contributed by atoms with Crippen LogP contribution < -0.4 is 9.03 Å². The minimum absolute atomic E-state index is 0.117. The number of nitrogens with zero attached hydrogens (tertiary/aromatic N) is 3. The predicted octanol–water partition coefficient (Wildman–Crippen LogP) is 4.20. The molecule has 170 valence electrons. The van der Waals surface area contributed by atoms with Crippen molar-refractivity contribution in [3.05, 3.63) is 70.3 Å². The highest BCUT2D eigenvalue weighted by Gasteiger charge is 2.35. The summed E-state index contributed by atoms with van der Waals surface area (Å²) in [5.74, 6) is -0.792. The summed E-state index contributed by atoms with van der Waals surface area (Å²) in [5, 5.41) is 1.61. The number of hydrogen-bond donors (Lipinski definition) is 1. The molecule has 0 unspecified atom stereocenters. The molecule has 0 atom stereocenters. The van der Waals surface area contributed by atoms with E-state index in [1.54, 1.807) is 17.6 Å². The number of hydrogen-bond acceptors (Lipinski definition) is 4. The largest absolute Gasteiger partial charge is 0.332 e. The first-order valence-corrected chi connectivity index (χ1v) is 12.1. The van der Waals surface area contributed by atoms with Crippen LogP contribution in [0.25, 0.3) is 21.8 Å². The summed E-state index contributed by atoms with van der Waals surface area (Å²) in [6, 6.07) is 12.3. The number of Topliss-reactive ketones (excluding diaryl/α,β-unsaturated/α-hetero) is 1. The standard InChI is InChI=1S/C23H20ClFN4O3S/c1-13-9-17-20(11-18(13)25)28(12-16-10-15-5-3-4-6-19(15)27-23(16)24)21(14(2)30)22(17)29-8-7-26-33(29,31)32/h3-6,9-11,26H,7-8,12H2,1-2H3. The summed E-state index contributed by atoms with van der Waals surface area (Å²) in [6.45, 7) is 3.47. The SMILES string of the molecule is CC(=O)c1c(N2CCNS2(=O)=O)c2cc(C)c(F)cc2n1Cc1cc2ccccc2nc1Cl. The first-order chi connectivity index (χ1) is 15.7. The number of carbonyl (C=O) groups excluding carboxylic acids is 1. The van der Waals surface area contributed by atoms with Gasteiger partial charge < -0.3 is 4.57 Å². The van der Waals surface area contributed by atoms with E-state index in [9.17, 15) is 17.6 Å². The molecule has 0 spiro atoms. The quantitative estimate of drug-likeness (QED) is 0.346. The summed E-state index contributed by atoms with van der Waals surface area (Å²) in [7, 11) is -3.82. The lowest BCUT2D eigenvalue weighted by Gasteiger charge is -2.18. The van der Waals surface area contributed by atoms with Crippen LogP contribution in [0.4, 0.5) is 10.1 Å². The summed E-state index contributed by atoms with van der Waals surface area (Å²) in [6.07, 6.45) is 0. The topological polar surface area (TPSA) is 84.3 Å². The van der Waals surface area contributed by atoms with Crippen LogP contribution in [0.3, 0.4) is 0 Å². The molecule has 0 aliphatic carbocycles. The van der Waals surface area contributed by atoms with E-state index in [-0.39, 0.29) is 42.0 Å². The van der Waals surface area contributed by atoms with Crippen molar-refractivity contribution in [1.82, 2.24) is 14.3 Å². The van der Waals surface area contributed by atoms with Gasteiger partial charge in [-0.15, -0.1) is 0 Å². The predicted molar refractivity (Wildman–Crippen MR) is 127 cm³/mol. The molecule has 1 aliphatic heterocycles. The van der Waals surface area contributed by atoms with E-state index in [0.717, 1.165) is 10.9 Å². The van der Waals surface area contributed by atoms with E-state index < -0.39 is 16.0 Å². The van der Waals surface area contributed by atoms with E-state index in [1.807, 2.05) is 30.3 Å². The van der Waals surface area contributed by atoms with Gasteiger partial charge >= 0.3 is 10.2 Å². The van der Waals surface area contributed by atoms with E-state index >= 15 is 0 Å². The Kier molecular flexibility index (Phi) is 5.15. The molecule has 1 saturated heterocycles. The first kappa shape index (κ1) is 21.8. The molecule has 1 fully saturated rings. The molecular formula is C23H20ClFN4O3S. The van der Waals surface area contributed by atoms with E-state index in [0.29, 0.717) is 22.0 Å². The second kappa shape index (κ2) is 7.79. The third-order valence-electron chi connectivity index (χ3n) is 5.87. The fraction of sp³-hybridized carbons (Fsp3) is 0.217. The molecule has 0 saturated carbocycles. The number of nitrogens with one attached hydrogen (secondary N) is 1. The Hall–Kier alpha value is -3.01. The van der Waals surface area contributed by atoms with Gasteiger partial charge in [0.05, 0.1) is 23.3 Å². The van der Waals surface area contributed by atoms with Crippen LogP contribution in [0, 0.1) is 12.7 Å². The zero-order valence-corrected chi connectivity index (χ0v) is 19.5. The maximum atomic E-state index is 14.6. The first-order valence-electron chi connectivity index (χ1n) is 10.3. The average Bonchev–Trinajstić information content (AvgIpc) is 3.25. The van der Waals surface area contributed by atoms with Crippen molar-refractivity contribution >= 4 is 55.1 Å². The molecule has 7 nitrogen and oxygen atoms in total. The fourth-order valence-corrected chi connectivity index (χ4v) is 5.82. The van der Waals surface area contributed by atoms with Gasteiger partial charge in [0.2, 0.25) is 0 Å². The van der Waals surface area contributed by atoms with Crippen molar-refractivity contribution in [1.29, 1.82) is 0 Å².